The zero-order chi connectivity index (χ0) is 12.3. The van der Waals surface area contributed by atoms with Gasteiger partial charge in [0.05, 0.1) is 0 Å². The van der Waals surface area contributed by atoms with Crippen LogP contribution in [-0.4, -0.2) is 10.7 Å². The number of hydrogen-bond acceptors (Lipinski definition) is 1. The predicted molar refractivity (Wildman–Crippen MR) is 73.6 cm³/mol. The molecule has 2 nitrogen and oxygen atoms in total. The topological polar surface area (TPSA) is 17.0 Å². The Balaban J connectivity index is 1.82. The van der Waals surface area contributed by atoms with Crippen molar-refractivity contribution in [1.29, 1.82) is 0 Å². The van der Waals surface area contributed by atoms with Crippen LogP contribution < -0.4 is 5.43 Å². The molecule has 0 atom stereocenters. The fourth-order valence-electron chi connectivity index (χ4n) is 2.92. The molecule has 0 radical (unpaired) electrons. The summed E-state index contributed by atoms with van der Waals surface area (Å²) in [6.07, 6.45) is 10.8. The smallest absolute Gasteiger partial charge is 0.0424 e. The van der Waals surface area contributed by atoms with Gasteiger partial charge in [0.25, 0.3) is 0 Å². The number of hydrogen-bond donors (Lipinski definition) is 1. The number of nitrogens with zero attached hydrogens (tertiary/aromatic N) is 1. The van der Waals surface area contributed by atoms with Crippen LogP contribution in [0.2, 0.25) is 0 Å². The van der Waals surface area contributed by atoms with Crippen LogP contribution >= 0.6 is 0 Å². The van der Waals surface area contributed by atoms with Gasteiger partial charge in [0.1, 0.15) is 0 Å². The van der Waals surface area contributed by atoms with Gasteiger partial charge in [-0.25, -0.2) is 0 Å². The highest BCUT2D eigenvalue weighted by Gasteiger charge is 2.31. The molecule has 1 fully saturated rings. The number of nitrogens with one attached hydrogen (secondary N) is 1. The van der Waals surface area contributed by atoms with Gasteiger partial charge in [0.2, 0.25) is 0 Å². The van der Waals surface area contributed by atoms with Crippen LogP contribution in [0.25, 0.3) is 0 Å². The minimum absolute atomic E-state index is 0.526. The molecule has 17 heavy (non-hydrogen) atoms. The maximum absolute atomic E-state index is 3.57. The van der Waals surface area contributed by atoms with Gasteiger partial charge in [-0.3, -0.25) is 4.68 Å². The molecule has 0 bridgehead atoms. The van der Waals surface area contributed by atoms with E-state index in [2.05, 4.69) is 55.4 Å². The molecule has 0 aromatic carbocycles. The van der Waals surface area contributed by atoms with Crippen molar-refractivity contribution in [2.45, 2.75) is 58.9 Å². The Kier molecular flexibility index (Phi) is 3.80. The summed E-state index contributed by atoms with van der Waals surface area (Å²) in [7, 11) is 0. The summed E-state index contributed by atoms with van der Waals surface area (Å²) in [6.45, 7) is 7.18. The Morgan fingerprint density at radius 2 is 1.71 bits per heavy atom. The molecule has 0 saturated heterocycles. The van der Waals surface area contributed by atoms with E-state index >= 15 is 0 Å². The van der Waals surface area contributed by atoms with Crippen LogP contribution in [0.1, 0.15) is 52.9 Å². The fraction of sp³-hybridized carbons (Fsp3) is 0.733. The minimum atomic E-state index is 0.526. The lowest BCUT2D eigenvalue weighted by Gasteiger charge is -2.39. The quantitative estimate of drug-likeness (QED) is 0.832. The van der Waals surface area contributed by atoms with E-state index in [0.717, 1.165) is 5.92 Å². The number of rotatable bonds is 4. The van der Waals surface area contributed by atoms with Crippen molar-refractivity contribution in [3.05, 3.63) is 24.5 Å². The highest BCUT2D eigenvalue weighted by molar-refractivity contribution is 4.97. The zero-order valence-electron chi connectivity index (χ0n) is 11.4. The molecule has 2 rings (SSSR count). The Bertz CT molecular complexity index is 319. The van der Waals surface area contributed by atoms with Crippen molar-refractivity contribution in [3.8, 4) is 0 Å². The molecular formula is C15H26N2. The van der Waals surface area contributed by atoms with E-state index in [-0.39, 0.29) is 0 Å². The summed E-state index contributed by atoms with van der Waals surface area (Å²) < 4.78 is 2.09. The van der Waals surface area contributed by atoms with Gasteiger partial charge in [0.15, 0.2) is 0 Å². The second kappa shape index (κ2) is 5.16. The molecule has 0 unspecified atom stereocenters. The van der Waals surface area contributed by atoms with Crippen molar-refractivity contribution >= 4 is 0 Å². The Hall–Kier alpha value is -0.920. The lowest BCUT2D eigenvalue weighted by Crippen LogP contribution is -2.35. The average molecular weight is 234 g/mol. The Labute approximate surface area is 105 Å². The first-order valence-electron chi connectivity index (χ1n) is 7.01. The van der Waals surface area contributed by atoms with Crippen molar-refractivity contribution in [3.63, 3.8) is 0 Å². The van der Waals surface area contributed by atoms with E-state index in [9.17, 15) is 0 Å². The van der Waals surface area contributed by atoms with Gasteiger partial charge >= 0.3 is 0 Å². The number of aromatic nitrogens is 1. The van der Waals surface area contributed by atoms with Crippen LogP contribution in [0.15, 0.2) is 24.5 Å². The molecule has 1 aromatic heterocycles. The van der Waals surface area contributed by atoms with Gasteiger partial charge in [0, 0.05) is 18.4 Å². The molecule has 2 heteroatoms. The molecule has 1 aliphatic rings. The first-order chi connectivity index (χ1) is 8.12. The standard InChI is InChI=1S/C15H26N2/c1-4-15(2,3)13-7-9-14(10-8-13)16-17-11-5-6-12-17/h5-6,11-14,16H,4,7-10H2,1-3H3. The van der Waals surface area contributed by atoms with E-state index < -0.39 is 0 Å². The van der Waals surface area contributed by atoms with Crippen LogP contribution in [0, 0.1) is 11.3 Å². The average Bonchev–Trinajstić information content (AvgIpc) is 2.83. The van der Waals surface area contributed by atoms with Gasteiger partial charge in [-0.2, -0.15) is 0 Å². The summed E-state index contributed by atoms with van der Waals surface area (Å²) in [6, 6.07) is 4.80. The molecule has 96 valence electrons. The molecule has 1 saturated carbocycles. The third-order valence-electron chi connectivity index (χ3n) is 4.68. The largest absolute Gasteiger partial charge is 0.323 e. The van der Waals surface area contributed by atoms with Crippen molar-refractivity contribution < 1.29 is 0 Å². The van der Waals surface area contributed by atoms with Gasteiger partial charge in [-0.15, -0.1) is 0 Å². The maximum atomic E-state index is 3.57. The Morgan fingerprint density at radius 1 is 1.12 bits per heavy atom. The molecule has 0 aliphatic heterocycles. The second-order valence-corrected chi connectivity index (χ2v) is 6.11. The summed E-state index contributed by atoms with van der Waals surface area (Å²) in [4.78, 5) is 0. The van der Waals surface area contributed by atoms with Gasteiger partial charge < -0.3 is 5.43 Å². The SMILES string of the molecule is CCC(C)(C)C1CCC(Nn2cccc2)CC1. The maximum Gasteiger partial charge on any atom is 0.0424 e. The van der Waals surface area contributed by atoms with E-state index in [1.54, 1.807) is 0 Å². The highest BCUT2D eigenvalue weighted by atomic mass is 15.4. The van der Waals surface area contributed by atoms with Gasteiger partial charge in [-0.1, -0.05) is 27.2 Å². The normalized spacial score (nSPS) is 25.8. The van der Waals surface area contributed by atoms with Crippen molar-refractivity contribution in [2.75, 3.05) is 5.43 Å². The summed E-state index contributed by atoms with van der Waals surface area (Å²) in [5, 5.41) is 0. The highest BCUT2D eigenvalue weighted by Crippen LogP contribution is 2.40. The van der Waals surface area contributed by atoms with Crippen LogP contribution in [-0.2, 0) is 0 Å². The summed E-state index contributed by atoms with van der Waals surface area (Å²) >= 11 is 0. The molecular weight excluding hydrogens is 208 g/mol. The molecule has 1 aromatic rings. The molecule has 1 aliphatic carbocycles. The molecule has 0 amide bonds. The van der Waals surface area contributed by atoms with Crippen molar-refractivity contribution in [2.24, 2.45) is 11.3 Å². The van der Waals surface area contributed by atoms with Crippen LogP contribution in [0.3, 0.4) is 0 Å². The minimum Gasteiger partial charge on any atom is -0.323 e. The fourth-order valence-corrected chi connectivity index (χ4v) is 2.92. The van der Waals surface area contributed by atoms with Gasteiger partial charge in [-0.05, 0) is 49.1 Å². The predicted octanol–water partition coefficient (Wildman–Crippen LogP) is 4.03. The summed E-state index contributed by atoms with van der Waals surface area (Å²) in [5.41, 5.74) is 4.09. The lowest BCUT2D eigenvalue weighted by molar-refractivity contribution is 0.145. The molecule has 1 heterocycles. The van der Waals surface area contributed by atoms with Crippen molar-refractivity contribution in [1.82, 2.24) is 4.68 Å². The first-order valence-corrected chi connectivity index (χ1v) is 7.01. The molecule has 0 spiro atoms. The third-order valence-corrected chi connectivity index (χ3v) is 4.68. The van der Waals surface area contributed by atoms with Crippen LogP contribution in [0.4, 0.5) is 0 Å². The molecule has 1 N–H and O–H groups in total. The monoisotopic (exact) mass is 234 g/mol. The Morgan fingerprint density at radius 3 is 2.24 bits per heavy atom. The van der Waals surface area contributed by atoms with E-state index in [4.69, 9.17) is 0 Å². The lowest BCUT2D eigenvalue weighted by atomic mass is 9.69. The second-order valence-electron chi connectivity index (χ2n) is 6.11. The summed E-state index contributed by atoms with van der Waals surface area (Å²) in [5.74, 6) is 0.912. The van der Waals surface area contributed by atoms with Crippen LogP contribution in [0.5, 0.6) is 0 Å². The van der Waals surface area contributed by atoms with E-state index in [1.165, 1.54) is 32.1 Å². The van der Waals surface area contributed by atoms with E-state index in [0.29, 0.717) is 11.5 Å². The zero-order valence-corrected chi connectivity index (χ0v) is 11.4. The third kappa shape index (κ3) is 3.05. The van der Waals surface area contributed by atoms with E-state index in [1.807, 2.05) is 0 Å². The first kappa shape index (κ1) is 12.5.